The lowest BCUT2D eigenvalue weighted by Crippen LogP contribution is -2.38. The molecule has 0 bridgehead atoms. The van der Waals surface area contributed by atoms with Gasteiger partial charge in [0.05, 0.1) is 6.10 Å². The van der Waals surface area contributed by atoms with Crippen molar-refractivity contribution in [1.82, 2.24) is 4.72 Å². The van der Waals surface area contributed by atoms with Gasteiger partial charge >= 0.3 is 5.97 Å². The van der Waals surface area contributed by atoms with Crippen LogP contribution in [0.25, 0.3) is 0 Å². The highest BCUT2D eigenvalue weighted by Crippen LogP contribution is 2.00. The smallest absolute Gasteiger partial charge is 0.323 e. The summed E-state index contributed by atoms with van der Waals surface area (Å²) in [5.41, 5.74) is 0. The summed E-state index contributed by atoms with van der Waals surface area (Å²) < 4.78 is 24.7. The molecule has 0 saturated heterocycles. The molecule has 0 fully saturated rings. The molecule has 15 heavy (non-hydrogen) atoms. The number of aliphatic hydroxyl groups excluding tert-OH is 1. The van der Waals surface area contributed by atoms with Crippen LogP contribution in [0.2, 0.25) is 0 Å². The van der Waals surface area contributed by atoms with E-state index in [-0.39, 0.29) is 13.0 Å². The molecule has 0 radical (unpaired) electrons. The Hall–Kier alpha value is -0.660. The fourth-order valence-corrected chi connectivity index (χ4v) is 1.75. The van der Waals surface area contributed by atoms with E-state index in [4.69, 9.17) is 10.2 Å². The SMILES string of the molecule is CCC(O)CCNS(=O)(=O)C(C)C(=O)O. The maximum absolute atomic E-state index is 11.3. The van der Waals surface area contributed by atoms with Crippen molar-refractivity contribution in [2.45, 2.75) is 38.0 Å². The van der Waals surface area contributed by atoms with E-state index in [1.54, 1.807) is 6.92 Å². The van der Waals surface area contributed by atoms with E-state index in [1.807, 2.05) is 0 Å². The number of hydrogen-bond acceptors (Lipinski definition) is 4. The van der Waals surface area contributed by atoms with Crippen molar-refractivity contribution in [2.24, 2.45) is 0 Å². The average molecular weight is 239 g/mol. The Kier molecular flexibility index (Phi) is 5.77. The van der Waals surface area contributed by atoms with Gasteiger partial charge in [-0.2, -0.15) is 0 Å². The van der Waals surface area contributed by atoms with E-state index in [2.05, 4.69) is 4.72 Å². The lowest BCUT2D eigenvalue weighted by Gasteiger charge is -2.11. The number of rotatable bonds is 7. The molecule has 0 aromatic heterocycles. The van der Waals surface area contributed by atoms with Crippen LogP contribution in [0.4, 0.5) is 0 Å². The molecule has 0 aliphatic heterocycles. The number of carboxylic acid groups (broad SMARTS) is 1. The topological polar surface area (TPSA) is 104 Å². The molecule has 6 nitrogen and oxygen atoms in total. The minimum Gasteiger partial charge on any atom is -0.480 e. The summed E-state index contributed by atoms with van der Waals surface area (Å²) in [6, 6.07) is 0. The second kappa shape index (κ2) is 6.04. The maximum atomic E-state index is 11.3. The molecule has 0 amide bonds. The fourth-order valence-electron chi connectivity index (χ4n) is 0.830. The van der Waals surface area contributed by atoms with E-state index in [1.165, 1.54) is 0 Å². The quantitative estimate of drug-likeness (QED) is 0.557. The van der Waals surface area contributed by atoms with Gasteiger partial charge < -0.3 is 10.2 Å². The van der Waals surface area contributed by atoms with E-state index in [0.717, 1.165) is 6.92 Å². The van der Waals surface area contributed by atoms with Crippen LogP contribution in [-0.2, 0) is 14.8 Å². The standard InChI is InChI=1S/C8H17NO5S/c1-3-7(10)4-5-9-15(13,14)6(2)8(11)12/h6-7,9-10H,3-5H2,1-2H3,(H,11,12). The van der Waals surface area contributed by atoms with Gasteiger partial charge in [0.1, 0.15) is 0 Å². The minimum atomic E-state index is -3.82. The van der Waals surface area contributed by atoms with Crippen molar-refractivity contribution < 1.29 is 23.4 Å². The highest BCUT2D eigenvalue weighted by Gasteiger charge is 2.26. The minimum absolute atomic E-state index is 0.0506. The van der Waals surface area contributed by atoms with E-state index in [9.17, 15) is 13.2 Å². The molecule has 0 heterocycles. The van der Waals surface area contributed by atoms with Gasteiger partial charge in [0.15, 0.2) is 5.25 Å². The molecule has 0 aromatic rings. The zero-order valence-corrected chi connectivity index (χ0v) is 9.62. The predicted molar refractivity (Wildman–Crippen MR) is 54.9 cm³/mol. The number of carboxylic acids is 1. The molecule has 2 atom stereocenters. The van der Waals surface area contributed by atoms with Crippen LogP contribution < -0.4 is 4.72 Å². The normalized spacial score (nSPS) is 15.9. The summed E-state index contributed by atoms with van der Waals surface area (Å²) in [6.07, 6.45) is 0.256. The van der Waals surface area contributed by atoms with Crippen LogP contribution in [0.15, 0.2) is 0 Å². The van der Waals surface area contributed by atoms with Crippen molar-refractivity contribution in [1.29, 1.82) is 0 Å². The number of sulfonamides is 1. The lowest BCUT2D eigenvalue weighted by molar-refractivity contribution is -0.136. The first kappa shape index (κ1) is 14.3. The van der Waals surface area contributed by atoms with Crippen molar-refractivity contribution in [3.63, 3.8) is 0 Å². The number of nitrogens with one attached hydrogen (secondary N) is 1. The van der Waals surface area contributed by atoms with E-state index >= 15 is 0 Å². The molecule has 0 aliphatic carbocycles. The second-order valence-corrected chi connectivity index (χ2v) is 5.36. The third-order valence-electron chi connectivity index (χ3n) is 2.07. The Balaban J connectivity index is 4.12. The highest BCUT2D eigenvalue weighted by molar-refractivity contribution is 7.90. The molecular weight excluding hydrogens is 222 g/mol. The highest BCUT2D eigenvalue weighted by atomic mass is 32.2. The number of carbonyl (C=O) groups is 1. The monoisotopic (exact) mass is 239 g/mol. The molecule has 2 unspecified atom stereocenters. The van der Waals surface area contributed by atoms with Gasteiger partial charge in [-0.05, 0) is 19.8 Å². The van der Waals surface area contributed by atoms with Gasteiger partial charge in [-0.3, -0.25) is 4.79 Å². The van der Waals surface area contributed by atoms with Crippen LogP contribution >= 0.6 is 0 Å². The van der Waals surface area contributed by atoms with Crippen LogP contribution in [0, 0.1) is 0 Å². The second-order valence-electron chi connectivity index (χ2n) is 3.27. The molecule has 0 spiro atoms. The predicted octanol–water partition coefficient (Wildman–Crippen LogP) is -0.460. The number of aliphatic hydroxyl groups is 1. The van der Waals surface area contributed by atoms with E-state index in [0.29, 0.717) is 6.42 Å². The molecular formula is C8H17NO5S. The van der Waals surface area contributed by atoms with Gasteiger partial charge in [0.2, 0.25) is 10.0 Å². The number of aliphatic carboxylic acids is 1. The van der Waals surface area contributed by atoms with Crippen molar-refractivity contribution >= 4 is 16.0 Å². The first-order valence-corrected chi connectivity index (χ1v) is 6.25. The molecule has 0 aromatic carbocycles. The molecule has 7 heteroatoms. The molecule has 90 valence electrons. The Morgan fingerprint density at radius 2 is 2.00 bits per heavy atom. The van der Waals surface area contributed by atoms with Crippen LogP contribution in [0.3, 0.4) is 0 Å². The van der Waals surface area contributed by atoms with Gasteiger partial charge in [-0.25, -0.2) is 13.1 Å². The zero-order valence-electron chi connectivity index (χ0n) is 8.80. The lowest BCUT2D eigenvalue weighted by atomic mass is 10.2. The maximum Gasteiger partial charge on any atom is 0.323 e. The van der Waals surface area contributed by atoms with Gasteiger partial charge in [-0.1, -0.05) is 6.92 Å². The summed E-state index contributed by atoms with van der Waals surface area (Å²) in [5.74, 6) is -1.39. The summed E-state index contributed by atoms with van der Waals surface area (Å²) in [5, 5.41) is 16.2. The zero-order chi connectivity index (χ0) is 12.1. The largest absolute Gasteiger partial charge is 0.480 e. The Morgan fingerprint density at radius 3 is 2.40 bits per heavy atom. The van der Waals surface area contributed by atoms with Gasteiger partial charge in [0.25, 0.3) is 0 Å². The van der Waals surface area contributed by atoms with Crippen LogP contribution in [0.1, 0.15) is 26.7 Å². The fraction of sp³-hybridized carbons (Fsp3) is 0.875. The van der Waals surface area contributed by atoms with Gasteiger partial charge in [-0.15, -0.1) is 0 Å². The Bertz CT molecular complexity index is 300. The summed E-state index contributed by atoms with van der Waals surface area (Å²) in [4.78, 5) is 10.4. The average Bonchev–Trinajstić information content (AvgIpc) is 2.15. The third-order valence-corrected chi connectivity index (χ3v) is 3.80. The van der Waals surface area contributed by atoms with E-state index < -0.39 is 27.3 Å². The van der Waals surface area contributed by atoms with Crippen LogP contribution in [-0.4, -0.2) is 42.5 Å². The first-order valence-electron chi connectivity index (χ1n) is 4.70. The molecule has 0 aliphatic rings. The van der Waals surface area contributed by atoms with Crippen molar-refractivity contribution in [3.8, 4) is 0 Å². The Labute approximate surface area is 89.4 Å². The molecule has 3 N–H and O–H groups in total. The molecule has 0 saturated carbocycles. The first-order chi connectivity index (χ1) is 6.81. The molecule has 0 rings (SSSR count). The number of hydrogen-bond donors (Lipinski definition) is 3. The summed E-state index contributed by atoms with van der Waals surface area (Å²) in [7, 11) is -3.82. The third kappa shape index (κ3) is 5.10. The summed E-state index contributed by atoms with van der Waals surface area (Å²) in [6.45, 7) is 2.93. The van der Waals surface area contributed by atoms with Crippen LogP contribution in [0.5, 0.6) is 0 Å². The summed E-state index contributed by atoms with van der Waals surface area (Å²) >= 11 is 0. The Morgan fingerprint density at radius 1 is 1.47 bits per heavy atom. The van der Waals surface area contributed by atoms with Gasteiger partial charge in [0, 0.05) is 6.54 Å². The van der Waals surface area contributed by atoms with Crippen molar-refractivity contribution in [2.75, 3.05) is 6.54 Å². The van der Waals surface area contributed by atoms with Crippen molar-refractivity contribution in [3.05, 3.63) is 0 Å².